The Morgan fingerprint density at radius 2 is 1.79 bits per heavy atom. The molecule has 2 heterocycles. The van der Waals surface area contributed by atoms with Gasteiger partial charge in [-0.05, 0) is 34.6 Å². The fraction of sp³-hybridized carbons (Fsp3) is 0.429. The van der Waals surface area contributed by atoms with Crippen LogP contribution in [-0.2, 0) is 17.9 Å². The highest BCUT2D eigenvalue weighted by Crippen LogP contribution is 2.69. The molecule has 6 heteroatoms. The highest BCUT2D eigenvalue weighted by atomic mass is 16.6. The molecule has 5 rings (SSSR count). The van der Waals surface area contributed by atoms with Crippen LogP contribution in [0.2, 0.25) is 0 Å². The van der Waals surface area contributed by atoms with Gasteiger partial charge in [-0.15, -0.1) is 0 Å². The third-order valence-electron chi connectivity index (χ3n) is 8.11. The zero-order chi connectivity index (χ0) is 24.1. The Bertz CT molecular complexity index is 1230. The van der Waals surface area contributed by atoms with Gasteiger partial charge in [0.2, 0.25) is 0 Å². The molecule has 1 saturated carbocycles. The molecule has 0 bridgehead atoms. The molecular formula is C28H32N2O4. The summed E-state index contributed by atoms with van der Waals surface area (Å²) < 4.78 is 13.2. The van der Waals surface area contributed by atoms with Crippen LogP contribution in [0.3, 0.4) is 0 Å². The Morgan fingerprint density at radius 3 is 2.44 bits per heavy atom. The van der Waals surface area contributed by atoms with Gasteiger partial charge in [0.15, 0.2) is 5.78 Å². The van der Waals surface area contributed by atoms with Crippen LogP contribution < -0.4 is 4.74 Å². The molecule has 0 atom stereocenters. The van der Waals surface area contributed by atoms with Crippen molar-refractivity contribution in [2.24, 2.45) is 16.7 Å². The average molecular weight is 461 g/mol. The number of ether oxygens (including phenoxy) is 2. The fourth-order valence-corrected chi connectivity index (χ4v) is 5.35. The Hall–Kier alpha value is -3.28. The van der Waals surface area contributed by atoms with Crippen molar-refractivity contribution in [1.29, 1.82) is 0 Å². The van der Waals surface area contributed by atoms with Crippen LogP contribution in [0.5, 0.6) is 5.75 Å². The lowest BCUT2D eigenvalue weighted by Crippen LogP contribution is -2.28. The predicted octanol–water partition coefficient (Wildman–Crippen LogP) is 5.54. The maximum Gasteiger partial charge on any atom is 0.410 e. The lowest BCUT2D eigenvalue weighted by atomic mass is 10.0. The number of fused-ring (bicyclic) bond motifs is 1. The number of carbonyl (C=O) groups excluding carboxylic acids is 2. The Labute approximate surface area is 200 Å². The molecule has 34 heavy (non-hydrogen) atoms. The van der Waals surface area contributed by atoms with Gasteiger partial charge in [-0.3, -0.25) is 4.79 Å². The summed E-state index contributed by atoms with van der Waals surface area (Å²) in [6, 6.07) is 16.0. The zero-order valence-electron chi connectivity index (χ0n) is 20.3. The van der Waals surface area contributed by atoms with Crippen LogP contribution >= 0.6 is 0 Å². The van der Waals surface area contributed by atoms with Crippen LogP contribution in [-0.4, -0.2) is 41.0 Å². The molecule has 3 aromatic rings. The van der Waals surface area contributed by atoms with E-state index in [2.05, 4.69) is 32.3 Å². The summed E-state index contributed by atoms with van der Waals surface area (Å²) in [5, 5.41) is 0.901. The number of Topliss-reactive ketones (excluding diaryl/α,β-unsaturated/α-hetero) is 1. The summed E-state index contributed by atoms with van der Waals surface area (Å²) in [7, 11) is 0. The van der Waals surface area contributed by atoms with Crippen molar-refractivity contribution >= 4 is 22.8 Å². The first kappa shape index (κ1) is 22.5. The van der Waals surface area contributed by atoms with E-state index in [4.69, 9.17) is 9.47 Å². The molecule has 1 amide bonds. The van der Waals surface area contributed by atoms with Gasteiger partial charge in [0, 0.05) is 41.7 Å². The van der Waals surface area contributed by atoms with E-state index < -0.39 is 0 Å². The summed E-state index contributed by atoms with van der Waals surface area (Å²) in [6.45, 7) is 11.3. The van der Waals surface area contributed by atoms with Crippen molar-refractivity contribution in [2.45, 2.75) is 40.8 Å². The summed E-state index contributed by atoms with van der Waals surface area (Å²) in [5.41, 5.74) is 2.71. The Morgan fingerprint density at radius 1 is 1.06 bits per heavy atom. The highest BCUT2D eigenvalue weighted by Gasteiger charge is 2.68. The van der Waals surface area contributed by atoms with E-state index in [-0.39, 0.29) is 28.6 Å². The number of carbonyl (C=O) groups is 2. The number of nitrogens with zero attached hydrogens (tertiary/aromatic N) is 2. The van der Waals surface area contributed by atoms with E-state index in [1.54, 1.807) is 4.90 Å². The summed E-state index contributed by atoms with van der Waals surface area (Å²) >= 11 is 0. The van der Waals surface area contributed by atoms with Gasteiger partial charge in [-0.1, -0.05) is 58.0 Å². The number of hydrogen-bond donors (Lipinski definition) is 0. The molecule has 0 N–H and O–H groups in total. The SMILES string of the molecule is CC1(C)C(C(=O)c2cn(CCN3CCOC3=O)c3ccc(OCc4ccccc4)cc23)C1(C)C. The monoisotopic (exact) mass is 460 g/mol. The maximum atomic E-state index is 13.7. The van der Waals surface area contributed by atoms with Crippen LogP contribution in [0.1, 0.15) is 43.6 Å². The molecule has 2 aromatic carbocycles. The Balaban J connectivity index is 1.46. The summed E-state index contributed by atoms with van der Waals surface area (Å²) in [6.07, 6.45) is 1.69. The average Bonchev–Trinajstić information content (AvgIpc) is 3.18. The van der Waals surface area contributed by atoms with Crippen molar-refractivity contribution < 1.29 is 19.1 Å². The first-order valence-electron chi connectivity index (χ1n) is 12.0. The van der Waals surface area contributed by atoms with E-state index in [0.717, 1.165) is 27.8 Å². The number of aromatic nitrogens is 1. The van der Waals surface area contributed by atoms with E-state index in [9.17, 15) is 9.59 Å². The molecule has 0 spiro atoms. The highest BCUT2D eigenvalue weighted by molar-refractivity contribution is 6.11. The fourth-order valence-electron chi connectivity index (χ4n) is 5.35. The number of amides is 1. The van der Waals surface area contributed by atoms with Crippen LogP contribution in [0.25, 0.3) is 10.9 Å². The predicted molar refractivity (Wildman–Crippen MR) is 131 cm³/mol. The van der Waals surface area contributed by atoms with Crippen molar-refractivity contribution in [3.05, 3.63) is 65.9 Å². The smallest absolute Gasteiger partial charge is 0.410 e. The molecule has 2 aliphatic rings. The van der Waals surface area contributed by atoms with Gasteiger partial charge in [-0.25, -0.2) is 4.79 Å². The second-order valence-corrected chi connectivity index (χ2v) is 10.5. The van der Waals surface area contributed by atoms with E-state index in [0.29, 0.717) is 32.8 Å². The van der Waals surface area contributed by atoms with Crippen LogP contribution in [0, 0.1) is 16.7 Å². The largest absolute Gasteiger partial charge is 0.489 e. The molecule has 6 nitrogen and oxygen atoms in total. The molecule has 1 aliphatic heterocycles. The molecule has 0 radical (unpaired) electrons. The van der Waals surface area contributed by atoms with Gasteiger partial charge in [0.1, 0.15) is 19.0 Å². The van der Waals surface area contributed by atoms with Gasteiger partial charge in [0.25, 0.3) is 0 Å². The minimum absolute atomic E-state index is 0.0264. The normalized spacial score (nSPS) is 18.8. The Kier molecular flexibility index (Phi) is 5.42. The molecule has 2 fully saturated rings. The quantitative estimate of drug-likeness (QED) is 0.414. The molecule has 178 valence electrons. The van der Waals surface area contributed by atoms with Crippen LogP contribution in [0.4, 0.5) is 4.79 Å². The van der Waals surface area contributed by atoms with Crippen molar-refractivity contribution in [3.63, 3.8) is 0 Å². The standard InChI is InChI=1S/C28H32N2O4/c1-27(2)25(28(27,3)4)24(31)22-17-30(13-12-29-14-15-33-26(29)32)23-11-10-20(16-21(22)23)34-18-19-8-6-5-7-9-19/h5-11,16-17,25H,12-15,18H2,1-4H3. The lowest BCUT2D eigenvalue weighted by Gasteiger charge is -2.13. The topological polar surface area (TPSA) is 60.8 Å². The third-order valence-corrected chi connectivity index (χ3v) is 8.11. The van der Waals surface area contributed by atoms with Crippen molar-refractivity contribution in [3.8, 4) is 5.75 Å². The number of hydrogen-bond acceptors (Lipinski definition) is 4. The van der Waals surface area contributed by atoms with E-state index in [1.165, 1.54) is 0 Å². The molecular weight excluding hydrogens is 428 g/mol. The second-order valence-electron chi connectivity index (χ2n) is 10.5. The zero-order valence-corrected chi connectivity index (χ0v) is 20.3. The molecule has 1 saturated heterocycles. The van der Waals surface area contributed by atoms with Gasteiger partial charge >= 0.3 is 6.09 Å². The number of cyclic esters (lactones) is 1. The van der Waals surface area contributed by atoms with E-state index in [1.807, 2.05) is 54.7 Å². The molecule has 1 aliphatic carbocycles. The minimum Gasteiger partial charge on any atom is -0.489 e. The maximum absolute atomic E-state index is 13.7. The summed E-state index contributed by atoms with van der Waals surface area (Å²) in [5.74, 6) is 0.890. The van der Waals surface area contributed by atoms with Crippen LogP contribution in [0.15, 0.2) is 54.7 Å². The lowest BCUT2D eigenvalue weighted by molar-refractivity contribution is 0.0946. The van der Waals surface area contributed by atoms with Gasteiger partial charge in [-0.2, -0.15) is 0 Å². The van der Waals surface area contributed by atoms with E-state index >= 15 is 0 Å². The second kappa shape index (κ2) is 8.19. The number of rotatable bonds is 8. The van der Waals surface area contributed by atoms with Crippen molar-refractivity contribution in [2.75, 3.05) is 19.7 Å². The first-order valence-corrected chi connectivity index (χ1v) is 12.0. The number of benzene rings is 2. The van der Waals surface area contributed by atoms with Gasteiger partial charge in [0.05, 0.1) is 6.54 Å². The minimum atomic E-state index is -0.272. The van der Waals surface area contributed by atoms with Gasteiger partial charge < -0.3 is 18.9 Å². The van der Waals surface area contributed by atoms with Crippen molar-refractivity contribution in [1.82, 2.24) is 9.47 Å². The molecule has 1 aromatic heterocycles. The first-order chi connectivity index (χ1) is 16.2. The summed E-state index contributed by atoms with van der Waals surface area (Å²) in [4.78, 5) is 27.3. The third kappa shape index (κ3) is 3.75. The molecule has 0 unspecified atom stereocenters. The number of ketones is 1.